The molecule has 2 bridgehead atoms. The van der Waals surface area contributed by atoms with Crippen LogP contribution in [0.15, 0.2) is 0 Å². The molecule has 0 aliphatic carbocycles. The monoisotopic (exact) mass is 429 g/mol. The lowest BCUT2D eigenvalue weighted by Crippen LogP contribution is -2.54. The average Bonchev–Trinajstić information content (AvgIpc) is 3.17. The van der Waals surface area contributed by atoms with E-state index < -0.39 is 40.3 Å². The maximum atomic E-state index is 12.4. The van der Waals surface area contributed by atoms with Crippen molar-refractivity contribution in [3.8, 4) is 6.07 Å². The molecule has 2 aliphatic rings. The first-order valence-corrected chi connectivity index (χ1v) is 9.53. The predicted octanol–water partition coefficient (Wildman–Crippen LogP) is -3.11. The quantitative estimate of drug-likeness (QED) is 0.304. The number of aromatic nitrogens is 4. The van der Waals surface area contributed by atoms with Crippen molar-refractivity contribution in [2.75, 3.05) is 6.54 Å². The second kappa shape index (κ2) is 7.94. The second-order valence-electron chi connectivity index (χ2n) is 6.14. The molecule has 2 saturated heterocycles. The Balaban J connectivity index is 1.55. The topological polar surface area (TPSA) is 213 Å². The molecule has 0 radical (unpaired) electrons. The summed E-state index contributed by atoms with van der Waals surface area (Å²) in [5.41, 5.74) is 4.33. The zero-order chi connectivity index (χ0) is 21.2. The molecule has 1 aromatic heterocycles. The third-order valence-corrected chi connectivity index (χ3v) is 4.61. The van der Waals surface area contributed by atoms with E-state index in [1.807, 2.05) is 6.07 Å². The van der Waals surface area contributed by atoms with Gasteiger partial charge in [-0.2, -0.15) is 18.7 Å². The molecule has 3 rings (SSSR count). The van der Waals surface area contributed by atoms with E-state index in [-0.39, 0.29) is 38.2 Å². The number of hydrogen-bond donors (Lipinski definition) is 3. The molecule has 3 N–H and O–H groups in total. The number of carbonyl (C=O) groups is 3. The van der Waals surface area contributed by atoms with E-state index in [0.717, 1.165) is 9.58 Å². The largest absolute Gasteiger partial charge is 0.418 e. The molecule has 0 saturated carbocycles. The summed E-state index contributed by atoms with van der Waals surface area (Å²) in [6, 6.07) is -0.666. The lowest BCUT2D eigenvalue weighted by atomic mass is 10.0. The van der Waals surface area contributed by atoms with Gasteiger partial charge in [0.1, 0.15) is 12.6 Å². The number of piperidine rings is 1. The smallest absolute Gasteiger partial charge is 0.309 e. The number of carbonyl (C=O) groups excluding carboxylic acids is 3. The highest BCUT2D eigenvalue weighted by Crippen LogP contribution is 2.30. The number of urea groups is 1. The van der Waals surface area contributed by atoms with E-state index in [2.05, 4.69) is 30.7 Å². The van der Waals surface area contributed by atoms with Crippen LogP contribution in [0.5, 0.6) is 0 Å². The van der Waals surface area contributed by atoms with Gasteiger partial charge in [-0.1, -0.05) is 0 Å². The van der Waals surface area contributed by atoms with Crippen molar-refractivity contribution in [1.82, 2.24) is 41.0 Å². The zero-order valence-corrected chi connectivity index (χ0v) is 15.4. The summed E-state index contributed by atoms with van der Waals surface area (Å²) < 4.78 is 35.9. The van der Waals surface area contributed by atoms with Crippen molar-refractivity contribution in [1.29, 1.82) is 5.26 Å². The van der Waals surface area contributed by atoms with Crippen LogP contribution in [0.4, 0.5) is 4.79 Å². The average molecular weight is 429 g/mol. The molecule has 156 valence electrons. The van der Waals surface area contributed by atoms with Crippen LogP contribution in [0.25, 0.3) is 0 Å². The fourth-order valence-electron chi connectivity index (χ4n) is 3.04. The highest BCUT2D eigenvalue weighted by Gasteiger charge is 2.49. The Morgan fingerprint density at radius 1 is 1.34 bits per heavy atom. The Labute approximate surface area is 163 Å². The van der Waals surface area contributed by atoms with Gasteiger partial charge in [0.05, 0.1) is 18.5 Å². The summed E-state index contributed by atoms with van der Waals surface area (Å²) in [6.45, 7) is -0.335. The predicted molar refractivity (Wildman–Crippen MR) is 86.8 cm³/mol. The molecular weight excluding hydrogens is 414 g/mol. The summed E-state index contributed by atoms with van der Waals surface area (Å²) in [6.07, 6.45) is 0.323. The van der Waals surface area contributed by atoms with Gasteiger partial charge >= 0.3 is 16.4 Å². The lowest BCUT2D eigenvalue weighted by molar-refractivity contribution is -0.132. The molecule has 2 aliphatic heterocycles. The van der Waals surface area contributed by atoms with Gasteiger partial charge in [0.15, 0.2) is 5.82 Å². The molecular formula is C12H15N9O7S. The van der Waals surface area contributed by atoms with Crippen molar-refractivity contribution in [3.63, 3.8) is 0 Å². The number of hydrogen-bond acceptors (Lipinski definition) is 10. The Kier molecular flexibility index (Phi) is 5.58. The minimum atomic E-state index is -4.89. The lowest BCUT2D eigenvalue weighted by Gasteiger charge is -2.29. The number of hydroxylamine groups is 2. The van der Waals surface area contributed by atoms with E-state index >= 15 is 0 Å². The Morgan fingerprint density at radius 2 is 2.10 bits per heavy atom. The summed E-state index contributed by atoms with van der Waals surface area (Å²) in [7, 11) is -4.89. The standard InChI is InChI=1S/C12H15N9O7S/c13-4-3-9-14-17-18-20(9)6-10(22)15-16-11(23)8-2-1-7-5-19(8)12(24)21(7)28-29(25,26)27/h7-8H,1-3,5-6H2,(H,15,22)(H,16,23)(H,25,26,27). The molecule has 2 unspecified atom stereocenters. The minimum Gasteiger partial charge on any atom is -0.309 e. The van der Waals surface area contributed by atoms with E-state index in [0.29, 0.717) is 5.06 Å². The van der Waals surface area contributed by atoms with Crippen LogP contribution in [0.3, 0.4) is 0 Å². The summed E-state index contributed by atoms with van der Waals surface area (Å²) in [4.78, 5) is 37.7. The molecule has 4 amide bonds. The van der Waals surface area contributed by atoms with Crippen LogP contribution < -0.4 is 10.9 Å². The molecule has 2 atom stereocenters. The Morgan fingerprint density at radius 3 is 2.79 bits per heavy atom. The first kappa shape index (κ1) is 20.4. The van der Waals surface area contributed by atoms with Crippen molar-refractivity contribution in [2.24, 2.45) is 0 Å². The molecule has 17 heteroatoms. The third-order valence-electron chi connectivity index (χ3n) is 4.26. The second-order valence-corrected chi connectivity index (χ2v) is 7.14. The number of rotatable bonds is 6. The van der Waals surface area contributed by atoms with Crippen molar-refractivity contribution >= 4 is 28.2 Å². The van der Waals surface area contributed by atoms with Gasteiger partial charge in [0.25, 0.3) is 11.8 Å². The van der Waals surface area contributed by atoms with Crippen LogP contribution in [0.2, 0.25) is 0 Å². The van der Waals surface area contributed by atoms with Crippen LogP contribution in [-0.4, -0.2) is 79.6 Å². The minimum absolute atomic E-state index is 0.0164. The number of hydrazine groups is 1. The van der Waals surface area contributed by atoms with Gasteiger partial charge < -0.3 is 4.90 Å². The highest BCUT2D eigenvalue weighted by atomic mass is 32.3. The first-order chi connectivity index (χ1) is 13.7. The van der Waals surface area contributed by atoms with Crippen LogP contribution >= 0.6 is 0 Å². The Bertz CT molecular complexity index is 971. The van der Waals surface area contributed by atoms with Crippen LogP contribution in [0.1, 0.15) is 18.7 Å². The van der Waals surface area contributed by atoms with Crippen LogP contribution in [-0.2, 0) is 37.2 Å². The number of nitriles is 1. The molecule has 3 heterocycles. The van der Waals surface area contributed by atoms with Gasteiger partial charge in [-0.15, -0.1) is 9.38 Å². The van der Waals surface area contributed by atoms with Gasteiger partial charge in [-0.05, 0) is 23.3 Å². The normalized spacial score (nSPS) is 21.0. The maximum absolute atomic E-state index is 12.4. The van der Waals surface area contributed by atoms with Crippen molar-refractivity contribution in [3.05, 3.63) is 5.82 Å². The molecule has 1 aromatic rings. The van der Waals surface area contributed by atoms with E-state index in [4.69, 9.17) is 9.81 Å². The SMILES string of the molecule is N#CCc1nnnn1CC(=O)NNC(=O)C1CCC2CN1C(=O)N2OS(=O)(=O)O. The first-order valence-electron chi connectivity index (χ1n) is 8.17. The van der Waals surface area contributed by atoms with E-state index in [9.17, 15) is 22.8 Å². The molecule has 2 fully saturated rings. The Hall–Kier alpha value is -3.36. The molecule has 0 spiro atoms. The van der Waals surface area contributed by atoms with Crippen molar-refractivity contribution < 1.29 is 31.6 Å². The number of amides is 4. The van der Waals surface area contributed by atoms with Gasteiger partial charge in [-0.3, -0.25) is 25.0 Å². The number of fused-ring (bicyclic) bond motifs is 2. The van der Waals surface area contributed by atoms with Gasteiger partial charge in [-0.25, -0.2) is 9.48 Å². The third kappa shape index (κ3) is 4.56. The fourth-order valence-corrected chi connectivity index (χ4v) is 3.43. The van der Waals surface area contributed by atoms with E-state index in [1.165, 1.54) is 0 Å². The summed E-state index contributed by atoms with van der Waals surface area (Å²) >= 11 is 0. The molecule has 0 aromatic carbocycles. The van der Waals surface area contributed by atoms with Gasteiger partial charge in [0.2, 0.25) is 0 Å². The molecule has 16 nitrogen and oxygen atoms in total. The van der Waals surface area contributed by atoms with Crippen LogP contribution in [0, 0.1) is 11.3 Å². The maximum Gasteiger partial charge on any atom is 0.418 e. The van der Waals surface area contributed by atoms with Gasteiger partial charge in [0, 0.05) is 6.54 Å². The zero-order valence-electron chi connectivity index (χ0n) is 14.6. The number of nitrogens with zero attached hydrogens (tertiary/aromatic N) is 7. The fraction of sp³-hybridized carbons (Fsp3) is 0.583. The van der Waals surface area contributed by atoms with Crippen molar-refractivity contribution in [2.45, 2.75) is 37.9 Å². The summed E-state index contributed by atoms with van der Waals surface area (Å²) in [5.74, 6) is -1.20. The number of nitrogens with one attached hydrogen (secondary N) is 2. The molecule has 29 heavy (non-hydrogen) atoms. The number of tetrazole rings is 1. The van der Waals surface area contributed by atoms with E-state index in [1.54, 1.807) is 0 Å². The highest BCUT2D eigenvalue weighted by molar-refractivity contribution is 7.80. The summed E-state index contributed by atoms with van der Waals surface area (Å²) in [5, 5.41) is 19.7.